The van der Waals surface area contributed by atoms with E-state index in [-0.39, 0.29) is 12.5 Å². The minimum Gasteiger partial charge on any atom is -0.396 e. The van der Waals surface area contributed by atoms with Gasteiger partial charge in [0.25, 0.3) is 0 Å². The fourth-order valence-electron chi connectivity index (χ4n) is 1.76. The van der Waals surface area contributed by atoms with Crippen molar-refractivity contribution in [1.29, 1.82) is 0 Å². The number of methoxy groups -OCH3 is 1. The van der Waals surface area contributed by atoms with Gasteiger partial charge < -0.3 is 9.84 Å². The van der Waals surface area contributed by atoms with Crippen LogP contribution in [0.3, 0.4) is 0 Å². The summed E-state index contributed by atoms with van der Waals surface area (Å²) in [6.45, 7) is 1.01. The summed E-state index contributed by atoms with van der Waals surface area (Å²) >= 11 is 3.45. The van der Waals surface area contributed by atoms with Gasteiger partial charge in [-0.1, -0.05) is 34.5 Å². The molecule has 0 aromatic heterocycles. The molecule has 0 spiro atoms. The second-order valence-electron chi connectivity index (χ2n) is 3.92. The molecule has 1 aromatic rings. The van der Waals surface area contributed by atoms with E-state index in [1.807, 2.05) is 12.1 Å². The summed E-state index contributed by atoms with van der Waals surface area (Å²) in [5.74, 6) is 0.245. The highest BCUT2D eigenvalue weighted by atomic mass is 79.9. The predicted molar refractivity (Wildman–Crippen MR) is 69.7 cm³/mol. The Morgan fingerprint density at radius 2 is 2.19 bits per heavy atom. The summed E-state index contributed by atoms with van der Waals surface area (Å²) in [5, 5.41) is 9.38. The summed E-state index contributed by atoms with van der Waals surface area (Å²) in [6.07, 6.45) is 3.16. The second-order valence-corrected chi connectivity index (χ2v) is 4.84. The van der Waals surface area contributed by atoms with E-state index in [9.17, 15) is 5.11 Å². The average molecular weight is 287 g/mol. The quantitative estimate of drug-likeness (QED) is 0.779. The van der Waals surface area contributed by atoms with Crippen molar-refractivity contribution in [2.24, 2.45) is 0 Å². The Balaban J connectivity index is 2.47. The Kier molecular flexibility index (Phi) is 6.69. The fraction of sp³-hybridized carbons (Fsp3) is 0.538. The van der Waals surface area contributed by atoms with Crippen molar-refractivity contribution in [3.63, 3.8) is 0 Å². The van der Waals surface area contributed by atoms with Crippen LogP contribution in [0.25, 0.3) is 0 Å². The van der Waals surface area contributed by atoms with Crippen LogP contribution in [-0.4, -0.2) is 25.4 Å². The lowest BCUT2D eigenvalue weighted by Gasteiger charge is -2.14. The lowest BCUT2D eigenvalue weighted by molar-refractivity contribution is 0.188. The standard InChI is InChI=1S/C13H19BrO2/c1-16-8-3-2-5-12(10-15)11-6-4-7-13(14)9-11/h4,6-7,9,12,15H,2-3,5,8,10H2,1H3. The normalized spacial score (nSPS) is 12.7. The Labute approximate surface area is 106 Å². The van der Waals surface area contributed by atoms with Crippen molar-refractivity contribution in [3.8, 4) is 0 Å². The van der Waals surface area contributed by atoms with Gasteiger partial charge in [-0.25, -0.2) is 0 Å². The molecule has 1 N–H and O–H groups in total. The third-order valence-corrected chi connectivity index (χ3v) is 3.18. The van der Waals surface area contributed by atoms with Gasteiger partial charge in [-0.3, -0.25) is 0 Å². The monoisotopic (exact) mass is 286 g/mol. The summed E-state index contributed by atoms with van der Waals surface area (Å²) in [7, 11) is 1.72. The molecule has 0 heterocycles. The summed E-state index contributed by atoms with van der Waals surface area (Å²) in [6, 6.07) is 8.17. The number of unbranched alkanes of at least 4 members (excludes halogenated alkanes) is 1. The van der Waals surface area contributed by atoms with Crippen LogP contribution in [0.15, 0.2) is 28.7 Å². The summed E-state index contributed by atoms with van der Waals surface area (Å²) in [5.41, 5.74) is 1.20. The van der Waals surface area contributed by atoms with Gasteiger partial charge in [0.1, 0.15) is 0 Å². The molecule has 1 aromatic carbocycles. The molecule has 0 radical (unpaired) electrons. The van der Waals surface area contributed by atoms with Crippen molar-refractivity contribution < 1.29 is 9.84 Å². The molecule has 90 valence electrons. The molecule has 16 heavy (non-hydrogen) atoms. The summed E-state index contributed by atoms with van der Waals surface area (Å²) < 4.78 is 6.08. The van der Waals surface area contributed by atoms with E-state index in [0.29, 0.717) is 0 Å². The van der Waals surface area contributed by atoms with Gasteiger partial charge in [0.2, 0.25) is 0 Å². The maximum absolute atomic E-state index is 9.38. The molecular weight excluding hydrogens is 268 g/mol. The third kappa shape index (κ3) is 4.64. The van der Waals surface area contributed by atoms with Crippen molar-refractivity contribution >= 4 is 15.9 Å². The van der Waals surface area contributed by atoms with Crippen LogP contribution < -0.4 is 0 Å². The summed E-state index contributed by atoms with van der Waals surface area (Å²) in [4.78, 5) is 0. The van der Waals surface area contributed by atoms with Gasteiger partial charge in [-0.2, -0.15) is 0 Å². The van der Waals surface area contributed by atoms with Gasteiger partial charge in [0.15, 0.2) is 0 Å². The molecule has 3 heteroatoms. The molecule has 1 unspecified atom stereocenters. The molecule has 0 bridgehead atoms. The molecule has 2 nitrogen and oxygen atoms in total. The van der Waals surface area contributed by atoms with Crippen molar-refractivity contribution in [2.75, 3.05) is 20.3 Å². The predicted octanol–water partition coefficient (Wildman–Crippen LogP) is 3.34. The number of hydrogen-bond acceptors (Lipinski definition) is 2. The Morgan fingerprint density at radius 3 is 2.81 bits per heavy atom. The first-order valence-corrected chi connectivity index (χ1v) is 6.42. The molecule has 1 atom stereocenters. The van der Waals surface area contributed by atoms with Crippen LogP contribution in [-0.2, 0) is 4.74 Å². The maximum Gasteiger partial charge on any atom is 0.0499 e. The van der Waals surface area contributed by atoms with E-state index < -0.39 is 0 Å². The van der Waals surface area contributed by atoms with Gasteiger partial charge in [-0.15, -0.1) is 0 Å². The molecule has 0 aliphatic heterocycles. The Bertz CT molecular complexity index is 302. The van der Waals surface area contributed by atoms with E-state index >= 15 is 0 Å². The molecule has 1 rings (SSSR count). The number of benzene rings is 1. The van der Waals surface area contributed by atoms with Gasteiger partial charge in [-0.05, 0) is 30.5 Å². The number of halogens is 1. The second kappa shape index (κ2) is 7.82. The van der Waals surface area contributed by atoms with Crippen LogP contribution in [0.5, 0.6) is 0 Å². The topological polar surface area (TPSA) is 29.5 Å². The van der Waals surface area contributed by atoms with Crippen molar-refractivity contribution in [1.82, 2.24) is 0 Å². The third-order valence-electron chi connectivity index (χ3n) is 2.69. The smallest absolute Gasteiger partial charge is 0.0499 e. The molecule has 0 saturated carbocycles. The average Bonchev–Trinajstić information content (AvgIpc) is 2.29. The Morgan fingerprint density at radius 1 is 1.38 bits per heavy atom. The first-order chi connectivity index (χ1) is 7.77. The largest absolute Gasteiger partial charge is 0.396 e. The molecule has 0 amide bonds. The van der Waals surface area contributed by atoms with Gasteiger partial charge in [0.05, 0.1) is 0 Å². The van der Waals surface area contributed by atoms with Crippen molar-refractivity contribution in [3.05, 3.63) is 34.3 Å². The van der Waals surface area contributed by atoms with Gasteiger partial charge in [0, 0.05) is 30.7 Å². The van der Waals surface area contributed by atoms with Crippen LogP contribution >= 0.6 is 15.9 Å². The molecule has 0 aliphatic carbocycles. The molecular formula is C13H19BrO2. The van der Waals surface area contributed by atoms with E-state index in [1.165, 1.54) is 5.56 Å². The molecule has 0 aliphatic rings. The molecule has 0 fully saturated rings. The van der Waals surface area contributed by atoms with Crippen LogP contribution in [0.1, 0.15) is 30.7 Å². The zero-order chi connectivity index (χ0) is 11.8. The SMILES string of the molecule is COCCCCC(CO)c1cccc(Br)c1. The maximum atomic E-state index is 9.38. The number of aliphatic hydroxyl groups is 1. The van der Waals surface area contributed by atoms with Crippen LogP contribution in [0, 0.1) is 0 Å². The number of ether oxygens (including phenoxy) is 1. The van der Waals surface area contributed by atoms with Crippen LogP contribution in [0.4, 0.5) is 0 Å². The highest BCUT2D eigenvalue weighted by Crippen LogP contribution is 2.24. The van der Waals surface area contributed by atoms with E-state index in [1.54, 1.807) is 7.11 Å². The number of hydrogen-bond donors (Lipinski definition) is 1. The zero-order valence-corrected chi connectivity index (χ0v) is 11.2. The van der Waals surface area contributed by atoms with Gasteiger partial charge >= 0.3 is 0 Å². The van der Waals surface area contributed by atoms with E-state index in [0.717, 1.165) is 30.3 Å². The lowest BCUT2D eigenvalue weighted by Crippen LogP contribution is -2.04. The fourth-order valence-corrected chi connectivity index (χ4v) is 2.18. The Hall–Kier alpha value is -0.380. The highest BCUT2D eigenvalue weighted by molar-refractivity contribution is 9.10. The zero-order valence-electron chi connectivity index (χ0n) is 9.66. The lowest BCUT2D eigenvalue weighted by atomic mass is 9.94. The number of rotatable bonds is 7. The number of aliphatic hydroxyl groups excluding tert-OH is 1. The first-order valence-electron chi connectivity index (χ1n) is 5.63. The highest BCUT2D eigenvalue weighted by Gasteiger charge is 2.10. The van der Waals surface area contributed by atoms with E-state index in [4.69, 9.17) is 4.74 Å². The van der Waals surface area contributed by atoms with Crippen LogP contribution in [0.2, 0.25) is 0 Å². The molecule has 0 saturated heterocycles. The van der Waals surface area contributed by atoms with E-state index in [2.05, 4.69) is 28.1 Å². The minimum absolute atomic E-state index is 0.212. The first kappa shape index (κ1) is 13.7. The minimum atomic E-state index is 0.212. The van der Waals surface area contributed by atoms with Crippen molar-refractivity contribution in [2.45, 2.75) is 25.2 Å².